The molecule has 0 saturated carbocycles. The molecule has 6 unspecified atom stereocenters. The van der Waals surface area contributed by atoms with Gasteiger partial charge < -0.3 is 69.3 Å². The molecule has 42 heavy (non-hydrogen) atoms. The maximum absolute atomic E-state index is 13.5. The van der Waals surface area contributed by atoms with Gasteiger partial charge in [-0.15, -0.1) is 0 Å². The maximum Gasteiger partial charge on any atom is 0.239 e. The number of aliphatic hydroxyl groups excluding tert-OH is 6. The Balaban J connectivity index is 1.46. The molecule has 10 atom stereocenters. The SMILES string of the molecule is CC1O[C@@H](OCC2O[C@H](Oc3c(-c4ccc(O)cc4)oc4cc(O)cc(O)c4c3=O)C(O)C(O)[C@H]2O)C(O)C(O)[C@H]1O. The van der Waals surface area contributed by atoms with E-state index in [1.807, 2.05) is 0 Å². The molecule has 0 radical (unpaired) electrons. The molecule has 0 aliphatic carbocycles. The molecule has 3 heterocycles. The average Bonchev–Trinajstić information content (AvgIpc) is 2.95. The maximum atomic E-state index is 13.5. The zero-order valence-corrected chi connectivity index (χ0v) is 21.9. The fourth-order valence-electron chi connectivity index (χ4n) is 4.79. The van der Waals surface area contributed by atoms with Gasteiger partial charge in [0.2, 0.25) is 17.5 Å². The highest BCUT2D eigenvalue weighted by Gasteiger charge is 2.47. The van der Waals surface area contributed by atoms with Crippen LogP contribution in [0.15, 0.2) is 45.6 Å². The van der Waals surface area contributed by atoms with E-state index < -0.39 is 90.7 Å². The van der Waals surface area contributed by atoms with Crippen LogP contribution in [-0.4, -0.2) is 114 Å². The van der Waals surface area contributed by atoms with E-state index >= 15 is 0 Å². The van der Waals surface area contributed by atoms with Crippen LogP contribution < -0.4 is 10.2 Å². The monoisotopic (exact) mass is 594 g/mol. The van der Waals surface area contributed by atoms with Gasteiger partial charge in [-0.05, 0) is 31.2 Å². The molecule has 0 spiro atoms. The first-order valence-corrected chi connectivity index (χ1v) is 12.9. The number of rotatable bonds is 6. The number of aliphatic hydroxyl groups is 6. The fraction of sp³-hybridized carbons (Fsp3) is 0.444. The van der Waals surface area contributed by atoms with Crippen molar-refractivity contribution in [3.63, 3.8) is 0 Å². The van der Waals surface area contributed by atoms with Gasteiger partial charge in [-0.25, -0.2) is 0 Å². The van der Waals surface area contributed by atoms with Gasteiger partial charge >= 0.3 is 0 Å². The van der Waals surface area contributed by atoms with Gasteiger partial charge in [-0.3, -0.25) is 4.79 Å². The zero-order valence-electron chi connectivity index (χ0n) is 21.9. The van der Waals surface area contributed by atoms with Gasteiger partial charge in [0.1, 0.15) is 70.9 Å². The molecule has 9 N–H and O–H groups in total. The third kappa shape index (κ3) is 5.49. The Kier molecular flexibility index (Phi) is 8.30. The summed E-state index contributed by atoms with van der Waals surface area (Å²) in [4.78, 5) is 13.5. The second kappa shape index (κ2) is 11.6. The van der Waals surface area contributed by atoms with Gasteiger partial charge in [0.25, 0.3) is 0 Å². The van der Waals surface area contributed by atoms with E-state index in [2.05, 4.69) is 0 Å². The van der Waals surface area contributed by atoms with Crippen LogP contribution >= 0.6 is 0 Å². The first-order valence-electron chi connectivity index (χ1n) is 12.9. The van der Waals surface area contributed by atoms with E-state index in [1.165, 1.54) is 31.2 Å². The van der Waals surface area contributed by atoms with Gasteiger partial charge in [0, 0.05) is 17.7 Å². The first kappa shape index (κ1) is 30.0. The van der Waals surface area contributed by atoms with E-state index in [0.717, 1.165) is 12.1 Å². The Hall–Kier alpha value is -3.51. The minimum absolute atomic E-state index is 0.103. The van der Waals surface area contributed by atoms with Crippen molar-refractivity contribution < 1.29 is 69.3 Å². The summed E-state index contributed by atoms with van der Waals surface area (Å²) >= 11 is 0. The summed E-state index contributed by atoms with van der Waals surface area (Å²) in [5.74, 6) is -1.97. The predicted molar refractivity (Wildman–Crippen MR) is 139 cm³/mol. The van der Waals surface area contributed by atoms with Crippen molar-refractivity contribution in [1.29, 1.82) is 0 Å². The van der Waals surface area contributed by atoms with Crippen molar-refractivity contribution >= 4 is 11.0 Å². The molecule has 2 saturated heterocycles. The Morgan fingerprint density at radius 3 is 2.10 bits per heavy atom. The van der Waals surface area contributed by atoms with Crippen molar-refractivity contribution in [2.45, 2.75) is 68.3 Å². The molecule has 1 aromatic heterocycles. The highest BCUT2D eigenvalue weighted by molar-refractivity contribution is 5.88. The summed E-state index contributed by atoms with van der Waals surface area (Å²) in [6.07, 6.45) is -15.8. The molecule has 0 amide bonds. The van der Waals surface area contributed by atoms with Crippen molar-refractivity contribution in [1.82, 2.24) is 0 Å². The largest absolute Gasteiger partial charge is 0.508 e. The third-order valence-corrected chi connectivity index (χ3v) is 7.18. The molecule has 2 aliphatic rings. The smallest absolute Gasteiger partial charge is 0.239 e. The lowest BCUT2D eigenvalue weighted by Gasteiger charge is -2.42. The van der Waals surface area contributed by atoms with E-state index in [0.29, 0.717) is 0 Å². The van der Waals surface area contributed by atoms with Crippen molar-refractivity contribution in [2.24, 2.45) is 0 Å². The van der Waals surface area contributed by atoms with E-state index in [4.69, 9.17) is 23.4 Å². The summed E-state index contributed by atoms with van der Waals surface area (Å²) in [5.41, 5.74) is -0.956. The summed E-state index contributed by atoms with van der Waals surface area (Å²) in [6, 6.07) is 7.33. The molecule has 3 aromatic rings. The number of hydrogen-bond acceptors (Lipinski definition) is 15. The second-order valence-corrected chi connectivity index (χ2v) is 10.1. The summed E-state index contributed by atoms with van der Waals surface area (Å²) < 4.78 is 28.0. The van der Waals surface area contributed by atoms with Crippen LogP contribution in [0.1, 0.15) is 6.92 Å². The minimum atomic E-state index is -1.92. The standard InChI is InChI=1S/C27H30O15/c1-9-17(31)20(34)22(36)26(39-9)38-8-15-18(32)21(35)23(37)27(41-15)42-25-19(33)16-13(30)6-12(29)7-14(16)40-24(25)10-2-4-11(28)5-3-10/h2-7,9,15,17-18,20-23,26-32,34-37H,8H2,1H3/t9?,15?,17-,18-,20?,21?,22?,23?,26+,27+/m0/s1. The molecular formula is C27H30O15. The second-order valence-electron chi connectivity index (χ2n) is 10.1. The number of fused-ring (bicyclic) bond motifs is 1. The lowest BCUT2D eigenvalue weighted by atomic mass is 9.98. The molecule has 15 nitrogen and oxygen atoms in total. The summed E-state index contributed by atoms with van der Waals surface area (Å²) in [6.45, 7) is 0.866. The van der Waals surface area contributed by atoms with Gasteiger partial charge in [0.05, 0.1) is 12.7 Å². The summed E-state index contributed by atoms with van der Waals surface area (Å²) in [7, 11) is 0. The lowest BCUT2D eigenvalue weighted by molar-refractivity contribution is -0.318. The minimum Gasteiger partial charge on any atom is -0.508 e. The Morgan fingerprint density at radius 1 is 0.762 bits per heavy atom. The van der Waals surface area contributed by atoms with Crippen LogP contribution in [0.4, 0.5) is 0 Å². The average molecular weight is 595 g/mol. The molecular weight excluding hydrogens is 564 g/mol. The normalized spacial score (nSPS) is 33.5. The Morgan fingerprint density at radius 2 is 1.40 bits per heavy atom. The number of hydrogen-bond donors (Lipinski definition) is 9. The van der Waals surface area contributed by atoms with Crippen LogP contribution in [0, 0.1) is 0 Å². The van der Waals surface area contributed by atoms with Crippen LogP contribution in [0.3, 0.4) is 0 Å². The van der Waals surface area contributed by atoms with Crippen molar-refractivity contribution in [3.8, 4) is 34.3 Å². The molecule has 2 aromatic carbocycles. The first-order chi connectivity index (χ1) is 19.9. The highest BCUT2D eigenvalue weighted by Crippen LogP contribution is 2.37. The number of phenols is 3. The van der Waals surface area contributed by atoms with Gasteiger partial charge in [-0.2, -0.15) is 0 Å². The number of aromatic hydroxyl groups is 3. The van der Waals surface area contributed by atoms with E-state index in [1.54, 1.807) is 0 Å². The number of benzene rings is 2. The molecule has 5 rings (SSSR count). The fourth-order valence-corrected chi connectivity index (χ4v) is 4.79. The quantitative estimate of drug-likeness (QED) is 0.159. The molecule has 2 fully saturated rings. The van der Waals surface area contributed by atoms with Crippen molar-refractivity contribution in [3.05, 3.63) is 46.6 Å². The molecule has 2 aliphatic heterocycles. The van der Waals surface area contributed by atoms with Crippen LogP contribution in [0.2, 0.25) is 0 Å². The van der Waals surface area contributed by atoms with Crippen LogP contribution in [0.5, 0.6) is 23.0 Å². The highest BCUT2D eigenvalue weighted by atomic mass is 16.7. The van der Waals surface area contributed by atoms with Crippen molar-refractivity contribution in [2.75, 3.05) is 6.61 Å². The molecule has 0 bridgehead atoms. The van der Waals surface area contributed by atoms with Gasteiger partial charge in [-0.1, -0.05) is 0 Å². The third-order valence-electron chi connectivity index (χ3n) is 7.18. The predicted octanol–water partition coefficient (Wildman–Crippen LogP) is -1.39. The topological polar surface area (TPSA) is 249 Å². The summed E-state index contributed by atoms with van der Waals surface area (Å²) in [5, 5.41) is 91.4. The van der Waals surface area contributed by atoms with E-state index in [9.17, 15) is 50.8 Å². The van der Waals surface area contributed by atoms with Crippen LogP contribution in [-0.2, 0) is 14.2 Å². The Labute approximate surface area is 236 Å². The number of ether oxygens (including phenoxy) is 4. The van der Waals surface area contributed by atoms with E-state index in [-0.39, 0.29) is 28.0 Å². The zero-order chi connectivity index (χ0) is 30.5. The molecule has 228 valence electrons. The van der Waals surface area contributed by atoms with Crippen LogP contribution in [0.25, 0.3) is 22.3 Å². The van der Waals surface area contributed by atoms with Gasteiger partial charge in [0.15, 0.2) is 12.1 Å². The lowest BCUT2D eigenvalue weighted by Crippen LogP contribution is -2.61. The Bertz CT molecular complexity index is 1470. The molecule has 15 heteroatoms. The number of phenolic OH excluding ortho intramolecular Hbond substituents is 3.